The molecule has 10 nitrogen and oxygen atoms in total. The minimum atomic E-state index is -0.297. The van der Waals surface area contributed by atoms with Crippen molar-refractivity contribution < 1.29 is 28.8 Å². The molecule has 0 aliphatic carbocycles. The molecule has 4 amide bonds. The third-order valence-corrected chi connectivity index (χ3v) is 11.9. The Bertz CT molecular complexity index is 2720. The van der Waals surface area contributed by atoms with Crippen LogP contribution in [0.1, 0.15) is 108 Å². The summed E-state index contributed by atoms with van der Waals surface area (Å²) in [5.41, 5.74) is 13.0. The van der Waals surface area contributed by atoms with Crippen LogP contribution in [0.25, 0.3) is 0 Å². The van der Waals surface area contributed by atoms with E-state index in [-0.39, 0.29) is 35.2 Å². The highest BCUT2D eigenvalue weighted by Crippen LogP contribution is 2.17. The predicted molar refractivity (Wildman–Crippen MR) is 282 cm³/mol. The maximum absolute atomic E-state index is 12.6. The number of carbonyl (C=O) groups is 6. The normalized spacial score (nSPS) is 10.5. The van der Waals surface area contributed by atoms with Gasteiger partial charge in [0.25, 0.3) is 0 Å². The van der Waals surface area contributed by atoms with Crippen LogP contribution in [-0.4, -0.2) is 35.2 Å². The lowest BCUT2D eigenvalue weighted by Gasteiger charge is -2.09. The largest absolute Gasteiger partial charge is 0.334 e. The molecule has 0 fully saturated rings. The summed E-state index contributed by atoms with van der Waals surface area (Å²) in [6, 6.07) is 58.3. The van der Waals surface area contributed by atoms with Crippen LogP contribution in [0.5, 0.6) is 0 Å². The van der Waals surface area contributed by atoms with Crippen LogP contribution in [-0.2, 0) is 26.2 Å². The molecular formula is C62H56N4O6. The fourth-order valence-corrected chi connectivity index (χ4v) is 7.44. The quantitative estimate of drug-likeness (QED) is 0.0708. The van der Waals surface area contributed by atoms with Crippen molar-refractivity contribution in [1.82, 2.24) is 21.3 Å². The number of aryl methyl sites for hydroxylation is 4. The average molecular weight is 953 g/mol. The van der Waals surface area contributed by atoms with Gasteiger partial charge in [0, 0.05) is 70.7 Å². The number of amides is 4. The van der Waals surface area contributed by atoms with Crippen molar-refractivity contribution in [2.75, 3.05) is 0 Å². The number of carbonyl (C=O) groups excluding carboxylic acids is 6. The summed E-state index contributed by atoms with van der Waals surface area (Å²) in [6.45, 7) is 9.30. The second-order valence-corrected chi connectivity index (χ2v) is 17.6. The van der Waals surface area contributed by atoms with Crippen molar-refractivity contribution in [1.29, 1.82) is 0 Å². The summed E-state index contributed by atoms with van der Waals surface area (Å²) in [4.78, 5) is 74.9. The van der Waals surface area contributed by atoms with Gasteiger partial charge in [-0.1, -0.05) is 216 Å². The van der Waals surface area contributed by atoms with Gasteiger partial charge in [0.15, 0.2) is 23.1 Å². The van der Waals surface area contributed by atoms with Gasteiger partial charge in [-0.2, -0.15) is 0 Å². The highest BCUT2D eigenvalue weighted by Gasteiger charge is 2.13. The number of urea groups is 2. The summed E-state index contributed by atoms with van der Waals surface area (Å²) in [6.07, 6.45) is 0. The highest BCUT2D eigenvalue weighted by molar-refractivity contribution is 6.10. The fourth-order valence-electron chi connectivity index (χ4n) is 7.44. The number of nitrogens with one attached hydrogen (secondary N) is 4. The minimum absolute atomic E-state index is 0.0289. The van der Waals surface area contributed by atoms with Gasteiger partial charge in [-0.3, -0.25) is 19.2 Å². The maximum Gasteiger partial charge on any atom is 0.315 e. The second kappa shape index (κ2) is 24.5. The van der Waals surface area contributed by atoms with Crippen molar-refractivity contribution >= 4 is 35.2 Å². The van der Waals surface area contributed by atoms with Crippen LogP contribution in [0.4, 0.5) is 9.59 Å². The van der Waals surface area contributed by atoms with Crippen molar-refractivity contribution in [3.8, 4) is 0 Å². The van der Waals surface area contributed by atoms with Gasteiger partial charge < -0.3 is 21.3 Å². The zero-order valence-corrected chi connectivity index (χ0v) is 40.8. The molecule has 0 saturated carbocycles. The lowest BCUT2D eigenvalue weighted by Crippen LogP contribution is -2.34. The lowest BCUT2D eigenvalue weighted by molar-refractivity contribution is 0.103. The number of benzene rings is 8. The van der Waals surface area contributed by atoms with Crippen LogP contribution in [0.2, 0.25) is 0 Å². The first kappa shape index (κ1) is 50.8. The Kier molecular flexibility index (Phi) is 17.3. The average Bonchev–Trinajstić information content (AvgIpc) is 3.41. The van der Waals surface area contributed by atoms with E-state index in [2.05, 4.69) is 21.3 Å². The van der Waals surface area contributed by atoms with Gasteiger partial charge in [0.05, 0.1) is 0 Å². The van der Waals surface area contributed by atoms with Crippen LogP contribution in [0.15, 0.2) is 194 Å². The monoisotopic (exact) mass is 952 g/mol. The third-order valence-electron chi connectivity index (χ3n) is 11.9. The van der Waals surface area contributed by atoms with Crippen molar-refractivity contribution in [3.05, 3.63) is 283 Å². The lowest BCUT2D eigenvalue weighted by atomic mass is 10.0. The van der Waals surface area contributed by atoms with Crippen molar-refractivity contribution in [3.63, 3.8) is 0 Å². The zero-order chi connectivity index (χ0) is 51.0. The van der Waals surface area contributed by atoms with Gasteiger partial charge in [0.2, 0.25) is 0 Å². The molecule has 0 heterocycles. The standard InChI is InChI=1S/2C31H28N2O3/c2*1-21-3-11-25(12-4-21)29(34)27-15-7-23(8-16-27)19-32-31(36)33-20-24-9-17-28(18-10-24)30(35)26-13-5-22(2)6-14-26/h2*3-18H,19-20H2,1-2H3,(H2,32,33,36). The van der Waals surface area contributed by atoms with E-state index in [1.54, 1.807) is 48.5 Å². The topological polar surface area (TPSA) is 151 Å². The van der Waals surface area contributed by atoms with E-state index in [0.29, 0.717) is 70.7 Å². The fraction of sp³-hybridized carbons (Fsp3) is 0.129. The molecular weight excluding hydrogens is 897 g/mol. The Labute approximate surface area is 420 Å². The molecule has 8 rings (SSSR count). The molecule has 72 heavy (non-hydrogen) atoms. The molecule has 0 atom stereocenters. The van der Waals surface area contributed by atoms with Crippen LogP contribution in [0.3, 0.4) is 0 Å². The summed E-state index contributed by atoms with van der Waals surface area (Å²) in [5.74, 6) is -0.115. The summed E-state index contributed by atoms with van der Waals surface area (Å²) in [5, 5.41) is 11.3. The molecule has 0 spiro atoms. The van der Waals surface area contributed by atoms with E-state index >= 15 is 0 Å². The molecule has 8 aromatic carbocycles. The Morgan fingerprint density at radius 3 is 0.528 bits per heavy atom. The van der Waals surface area contributed by atoms with Gasteiger partial charge in [-0.05, 0) is 49.9 Å². The molecule has 0 bridgehead atoms. The van der Waals surface area contributed by atoms with E-state index in [9.17, 15) is 28.8 Å². The summed E-state index contributed by atoms with van der Waals surface area (Å²) < 4.78 is 0. The highest BCUT2D eigenvalue weighted by atomic mass is 16.2. The number of ketones is 4. The Morgan fingerprint density at radius 1 is 0.236 bits per heavy atom. The molecule has 4 N–H and O–H groups in total. The zero-order valence-electron chi connectivity index (χ0n) is 40.8. The van der Waals surface area contributed by atoms with Gasteiger partial charge >= 0.3 is 12.1 Å². The van der Waals surface area contributed by atoms with Crippen LogP contribution < -0.4 is 21.3 Å². The van der Waals surface area contributed by atoms with E-state index in [1.807, 2.05) is 173 Å². The van der Waals surface area contributed by atoms with Gasteiger partial charge in [-0.15, -0.1) is 0 Å². The third kappa shape index (κ3) is 14.5. The molecule has 8 aromatic rings. The van der Waals surface area contributed by atoms with E-state index in [1.165, 1.54) is 0 Å². The summed E-state index contributed by atoms with van der Waals surface area (Å²) >= 11 is 0. The van der Waals surface area contributed by atoms with Crippen molar-refractivity contribution in [2.24, 2.45) is 0 Å². The molecule has 0 aromatic heterocycles. The Balaban J connectivity index is 0.000000211. The predicted octanol–water partition coefficient (Wildman–Crippen LogP) is 11.5. The van der Waals surface area contributed by atoms with Crippen molar-refractivity contribution in [2.45, 2.75) is 53.9 Å². The molecule has 10 heteroatoms. The van der Waals surface area contributed by atoms with E-state index in [4.69, 9.17) is 0 Å². The van der Waals surface area contributed by atoms with Crippen LogP contribution >= 0.6 is 0 Å². The molecule has 0 radical (unpaired) electrons. The van der Waals surface area contributed by atoms with Gasteiger partial charge in [-0.25, -0.2) is 9.59 Å². The molecule has 360 valence electrons. The van der Waals surface area contributed by atoms with E-state index in [0.717, 1.165) is 44.5 Å². The first-order valence-corrected chi connectivity index (χ1v) is 23.6. The second-order valence-electron chi connectivity index (χ2n) is 17.6. The molecule has 0 aliphatic heterocycles. The minimum Gasteiger partial charge on any atom is -0.334 e. The molecule has 0 saturated heterocycles. The number of rotatable bonds is 16. The SMILES string of the molecule is Cc1ccc(C(=O)c2ccc(CNC(=O)NCc3ccc(C(=O)c4ccc(C)cc4)cc3)cc2)cc1.Cc1ccc(C(=O)c2ccc(CNC(=O)NCc3ccc(C(=O)c4ccc(C)cc4)cc3)cc2)cc1. The maximum atomic E-state index is 12.6. The molecule has 0 unspecified atom stereocenters. The Morgan fingerprint density at radius 2 is 0.375 bits per heavy atom. The molecule has 0 aliphatic rings. The van der Waals surface area contributed by atoms with Gasteiger partial charge in [0.1, 0.15) is 0 Å². The first-order chi connectivity index (χ1) is 34.8. The smallest absolute Gasteiger partial charge is 0.315 e. The first-order valence-electron chi connectivity index (χ1n) is 23.6. The van der Waals surface area contributed by atoms with E-state index < -0.39 is 0 Å². The summed E-state index contributed by atoms with van der Waals surface area (Å²) in [7, 11) is 0. The Hall–Kier alpha value is -9.02. The number of hydrogen-bond donors (Lipinski definition) is 4. The van der Waals surface area contributed by atoms with Crippen LogP contribution in [0, 0.1) is 27.7 Å². The number of hydrogen-bond acceptors (Lipinski definition) is 6.